The van der Waals surface area contributed by atoms with Crippen molar-refractivity contribution in [1.29, 1.82) is 0 Å². The highest BCUT2D eigenvalue weighted by molar-refractivity contribution is 9.10. The number of nitrogens with one attached hydrogen (secondary N) is 1. The van der Waals surface area contributed by atoms with Crippen LogP contribution in [-0.2, 0) is 9.59 Å². The van der Waals surface area contributed by atoms with Gasteiger partial charge in [-0.25, -0.2) is 0 Å². The highest BCUT2D eigenvalue weighted by Crippen LogP contribution is 2.13. The number of halogens is 1. The van der Waals surface area contributed by atoms with E-state index in [9.17, 15) is 9.59 Å². The smallest absolute Gasteiger partial charge is 0.233 e. The van der Waals surface area contributed by atoms with Gasteiger partial charge in [-0.15, -0.1) is 0 Å². The number of carbonyl (C=O) groups is 2. The Labute approximate surface area is 111 Å². The summed E-state index contributed by atoms with van der Waals surface area (Å²) in [6, 6.07) is 0.207. The van der Waals surface area contributed by atoms with Crippen LogP contribution >= 0.6 is 15.9 Å². The first kappa shape index (κ1) is 14.5. The van der Waals surface area contributed by atoms with E-state index in [1.165, 1.54) is 0 Å². The van der Waals surface area contributed by atoms with Crippen molar-refractivity contribution in [3.8, 4) is 0 Å². The number of alkyl halides is 1. The van der Waals surface area contributed by atoms with Gasteiger partial charge in [0.25, 0.3) is 0 Å². The van der Waals surface area contributed by atoms with Gasteiger partial charge < -0.3 is 10.2 Å². The average Bonchev–Trinajstić information content (AvgIpc) is 2.28. The SMILES string of the molecule is CC(C)C(=O)N1CCC(NC(=O)C(C)Br)CC1. The highest BCUT2D eigenvalue weighted by atomic mass is 79.9. The maximum absolute atomic E-state index is 11.8. The molecular formula is C12H21BrN2O2. The molecule has 0 bridgehead atoms. The van der Waals surface area contributed by atoms with Crippen LogP contribution in [0.15, 0.2) is 0 Å². The Morgan fingerprint density at radius 3 is 2.18 bits per heavy atom. The third-order valence-corrected chi connectivity index (χ3v) is 3.42. The molecule has 1 atom stereocenters. The molecule has 1 aliphatic heterocycles. The van der Waals surface area contributed by atoms with Crippen molar-refractivity contribution >= 4 is 27.7 Å². The number of piperidine rings is 1. The van der Waals surface area contributed by atoms with Crippen molar-refractivity contribution in [1.82, 2.24) is 10.2 Å². The number of amides is 2. The summed E-state index contributed by atoms with van der Waals surface area (Å²) in [4.78, 5) is 25.0. The molecule has 17 heavy (non-hydrogen) atoms. The first-order valence-electron chi connectivity index (χ1n) is 6.15. The molecule has 1 N–H and O–H groups in total. The van der Waals surface area contributed by atoms with Crippen LogP contribution in [0.2, 0.25) is 0 Å². The Hall–Kier alpha value is -0.580. The number of nitrogens with zero attached hydrogens (tertiary/aromatic N) is 1. The Morgan fingerprint density at radius 2 is 1.76 bits per heavy atom. The molecule has 0 aromatic rings. The summed E-state index contributed by atoms with van der Waals surface area (Å²) in [5.41, 5.74) is 0. The van der Waals surface area contributed by atoms with Crippen LogP contribution in [0.3, 0.4) is 0 Å². The highest BCUT2D eigenvalue weighted by Gasteiger charge is 2.25. The average molecular weight is 305 g/mol. The van der Waals surface area contributed by atoms with Gasteiger partial charge in [-0.1, -0.05) is 29.8 Å². The molecule has 2 amide bonds. The van der Waals surface area contributed by atoms with Gasteiger partial charge in [0.15, 0.2) is 0 Å². The summed E-state index contributed by atoms with van der Waals surface area (Å²) in [6.07, 6.45) is 1.70. The third-order valence-electron chi connectivity index (χ3n) is 3.01. The van der Waals surface area contributed by atoms with Crippen LogP contribution in [0.25, 0.3) is 0 Å². The Kier molecular flexibility index (Phi) is 5.43. The third kappa shape index (κ3) is 4.30. The van der Waals surface area contributed by atoms with E-state index in [-0.39, 0.29) is 28.6 Å². The van der Waals surface area contributed by atoms with Gasteiger partial charge in [-0.05, 0) is 19.8 Å². The number of hydrogen-bond acceptors (Lipinski definition) is 2. The molecule has 0 aromatic carbocycles. The second-order valence-corrected chi connectivity index (χ2v) is 6.25. The molecule has 0 aliphatic carbocycles. The van der Waals surface area contributed by atoms with E-state index in [4.69, 9.17) is 0 Å². The minimum Gasteiger partial charge on any atom is -0.352 e. The summed E-state index contributed by atoms with van der Waals surface area (Å²) in [7, 11) is 0. The first-order valence-corrected chi connectivity index (χ1v) is 7.06. The fourth-order valence-corrected chi connectivity index (χ4v) is 2.06. The van der Waals surface area contributed by atoms with Crippen molar-refractivity contribution < 1.29 is 9.59 Å². The van der Waals surface area contributed by atoms with E-state index in [1.807, 2.05) is 25.7 Å². The van der Waals surface area contributed by atoms with Crippen LogP contribution in [0, 0.1) is 5.92 Å². The number of rotatable bonds is 3. The number of likely N-dealkylation sites (tertiary alicyclic amines) is 1. The maximum Gasteiger partial charge on any atom is 0.233 e. The molecule has 4 nitrogen and oxygen atoms in total. The second kappa shape index (κ2) is 6.38. The molecule has 0 saturated carbocycles. The number of carbonyl (C=O) groups excluding carboxylic acids is 2. The maximum atomic E-state index is 11.8. The summed E-state index contributed by atoms with van der Waals surface area (Å²) < 4.78 is 0. The summed E-state index contributed by atoms with van der Waals surface area (Å²) in [5.74, 6) is 0.297. The molecule has 1 saturated heterocycles. The molecule has 1 fully saturated rings. The zero-order chi connectivity index (χ0) is 13.0. The fraction of sp³-hybridized carbons (Fsp3) is 0.833. The van der Waals surface area contributed by atoms with Crippen LogP contribution in [0.4, 0.5) is 0 Å². The van der Waals surface area contributed by atoms with Crippen LogP contribution in [-0.4, -0.2) is 40.7 Å². The van der Waals surface area contributed by atoms with Gasteiger partial charge in [-0.3, -0.25) is 9.59 Å². The molecule has 0 aromatic heterocycles. The quantitative estimate of drug-likeness (QED) is 0.804. The van der Waals surface area contributed by atoms with E-state index < -0.39 is 0 Å². The van der Waals surface area contributed by atoms with Crippen molar-refractivity contribution in [2.75, 3.05) is 13.1 Å². The monoisotopic (exact) mass is 304 g/mol. The number of hydrogen-bond donors (Lipinski definition) is 1. The van der Waals surface area contributed by atoms with Gasteiger partial charge in [0.2, 0.25) is 11.8 Å². The molecule has 1 rings (SSSR count). The lowest BCUT2D eigenvalue weighted by Gasteiger charge is -2.33. The molecule has 0 radical (unpaired) electrons. The second-order valence-electron chi connectivity index (χ2n) is 4.88. The van der Waals surface area contributed by atoms with Crippen LogP contribution in [0.1, 0.15) is 33.6 Å². The summed E-state index contributed by atoms with van der Waals surface area (Å²) in [6.45, 7) is 7.15. The zero-order valence-electron chi connectivity index (χ0n) is 10.7. The van der Waals surface area contributed by atoms with Crippen molar-refractivity contribution in [2.45, 2.75) is 44.5 Å². The Morgan fingerprint density at radius 1 is 1.24 bits per heavy atom. The fourth-order valence-electron chi connectivity index (χ4n) is 1.93. The lowest BCUT2D eigenvalue weighted by atomic mass is 10.0. The molecule has 1 unspecified atom stereocenters. The minimum absolute atomic E-state index is 0.0265. The van der Waals surface area contributed by atoms with Gasteiger partial charge >= 0.3 is 0 Å². The molecule has 0 spiro atoms. The predicted molar refractivity (Wildman–Crippen MR) is 71.0 cm³/mol. The Balaban J connectivity index is 2.36. The largest absolute Gasteiger partial charge is 0.352 e. The van der Waals surface area contributed by atoms with Crippen molar-refractivity contribution in [3.05, 3.63) is 0 Å². The minimum atomic E-state index is -0.155. The first-order chi connectivity index (χ1) is 7.91. The normalized spacial score (nSPS) is 19.2. The van der Waals surface area contributed by atoms with Gasteiger partial charge in [-0.2, -0.15) is 0 Å². The molecule has 1 heterocycles. The van der Waals surface area contributed by atoms with E-state index in [1.54, 1.807) is 0 Å². The lowest BCUT2D eigenvalue weighted by Crippen LogP contribution is -2.48. The standard InChI is InChI=1S/C12H21BrN2O2/c1-8(2)12(17)15-6-4-10(5-7-15)14-11(16)9(3)13/h8-10H,4-7H2,1-3H3,(H,14,16). The Bertz CT molecular complexity index is 284. The van der Waals surface area contributed by atoms with E-state index in [0.717, 1.165) is 25.9 Å². The predicted octanol–water partition coefficient (Wildman–Crippen LogP) is 1.53. The van der Waals surface area contributed by atoms with E-state index in [0.29, 0.717) is 0 Å². The van der Waals surface area contributed by atoms with Crippen molar-refractivity contribution in [2.24, 2.45) is 5.92 Å². The van der Waals surface area contributed by atoms with Gasteiger partial charge in [0.1, 0.15) is 0 Å². The van der Waals surface area contributed by atoms with Gasteiger partial charge in [0.05, 0.1) is 4.83 Å². The lowest BCUT2D eigenvalue weighted by molar-refractivity contribution is -0.135. The zero-order valence-corrected chi connectivity index (χ0v) is 12.3. The van der Waals surface area contributed by atoms with E-state index >= 15 is 0 Å². The molecular weight excluding hydrogens is 284 g/mol. The van der Waals surface area contributed by atoms with Crippen molar-refractivity contribution in [3.63, 3.8) is 0 Å². The summed E-state index contributed by atoms with van der Waals surface area (Å²) in [5, 5.41) is 2.98. The topological polar surface area (TPSA) is 49.4 Å². The molecule has 5 heteroatoms. The molecule has 1 aliphatic rings. The van der Waals surface area contributed by atoms with Crippen LogP contribution in [0.5, 0.6) is 0 Å². The van der Waals surface area contributed by atoms with Gasteiger partial charge in [0, 0.05) is 25.0 Å². The van der Waals surface area contributed by atoms with Crippen LogP contribution < -0.4 is 5.32 Å². The summed E-state index contributed by atoms with van der Waals surface area (Å²) >= 11 is 3.24. The molecule has 98 valence electrons. The van der Waals surface area contributed by atoms with E-state index in [2.05, 4.69) is 21.2 Å².